The normalized spacial score (nSPS) is 18.2. The molecule has 0 radical (unpaired) electrons. The van der Waals surface area contributed by atoms with Crippen LogP contribution < -0.4 is 10.1 Å². The third kappa shape index (κ3) is 4.52. The Kier molecular flexibility index (Phi) is 5.52. The molecule has 9 nitrogen and oxygen atoms in total. The van der Waals surface area contributed by atoms with E-state index in [1.807, 2.05) is 6.07 Å². The summed E-state index contributed by atoms with van der Waals surface area (Å²) in [6.45, 7) is 1.39. The first-order valence-corrected chi connectivity index (χ1v) is 10.5. The van der Waals surface area contributed by atoms with E-state index in [-0.39, 0.29) is 24.2 Å². The van der Waals surface area contributed by atoms with Gasteiger partial charge in [0.05, 0.1) is 18.2 Å². The first kappa shape index (κ1) is 19.9. The average Bonchev–Trinajstić information content (AvgIpc) is 3.34. The molecule has 3 aromatic heterocycles. The molecule has 10 heteroatoms. The molecule has 5 rings (SSSR count). The molecule has 31 heavy (non-hydrogen) atoms. The third-order valence-electron chi connectivity index (χ3n) is 5.27. The number of amides is 1. The van der Waals surface area contributed by atoms with Crippen LogP contribution in [0.4, 0.5) is 0 Å². The van der Waals surface area contributed by atoms with Crippen molar-refractivity contribution in [3.63, 3.8) is 0 Å². The maximum atomic E-state index is 12.3. The van der Waals surface area contributed by atoms with E-state index in [0.29, 0.717) is 35.9 Å². The monoisotopic (exact) mass is 441 g/mol. The highest BCUT2D eigenvalue weighted by Gasteiger charge is 2.33. The molecule has 3 aromatic rings. The number of carbonyl (C=O) groups excluding carboxylic acids is 1. The van der Waals surface area contributed by atoms with Gasteiger partial charge in [-0.3, -0.25) is 4.79 Å². The van der Waals surface area contributed by atoms with Gasteiger partial charge in [0, 0.05) is 30.4 Å². The van der Waals surface area contributed by atoms with Gasteiger partial charge in [0.15, 0.2) is 5.69 Å². The number of nitrogens with one attached hydrogen (secondary N) is 1. The van der Waals surface area contributed by atoms with Crippen LogP contribution in [0.25, 0.3) is 11.3 Å². The van der Waals surface area contributed by atoms with Gasteiger partial charge in [-0.25, -0.2) is 4.98 Å². The Morgan fingerprint density at radius 1 is 1.19 bits per heavy atom. The summed E-state index contributed by atoms with van der Waals surface area (Å²) in [7, 11) is 0. The number of rotatable bonds is 7. The molecule has 160 valence electrons. The van der Waals surface area contributed by atoms with Gasteiger partial charge in [0.1, 0.15) is 23.2 Å². The van der Waals surface area contributed by atoms with Crippen LogP contribution in [0.3, 0.4) is 0 Å². The van der Waals surface area contributed by atoms with E-state index in [4.69, 9.17) is 25.6 Å². The molecule has 1 atom stereocenters. The molecule has 4 heterocycles. The fourth-order valence-corrected chi connectivity index (χ4v) is 3.55. The van der Waals surface area contributed by atoms with Crippen molar-refractivity contribution in [1.82, 2.24) is 25.7 Å². The summed E-state index contributed by atoms with van der Waals surface area (Å²) < 4.78 is 16.7. The van der Waals surface area contributed by atoms with Crippen molar-refractivity contribution in [2.24, 2.45) is 0 Å². The molecule has 0 spiro atoms. The van der Waals surface area contributed by atoms with Crippen LogP contribution in [0.5, 0.6) is 5.88 Å². The van der Waals surface area contributed by atoms with Gasteiger partial charge in [0.2, 0.25) is 5.88 Å². The highest BCUT2D eigenvalue weighted by atomic mass is 35.5. The van der Waals surface area contributed by atoms with Crippen LogP contribution in [-0.4, -0.2) is 45.5 Å². The lowest BCUT2D eigenvalue weighted by Gasteiger charge is -2.10. The van der Waals surface area contributed by atoms with Gasteiger partial charge in [-0.2, -0.15) is 0 Å². The molecule has 1 saturated heterocycles. The van der Waals surface area contributed by atoms with Gasteiger partial charge >= 0.3 is 0 Å². The second-order valence-electron chi connectivity index (χ2n) is 7.60. The van der Waals surface area contributed by atoms with Gasteiger partial charge in [0.25, 0.3) is 5.91 Å². The van der Waals surface area contributed by atoms with Gasteiger partial charge in [-0.15, -0.1) is 10.2 Å². The number of hydrogen-bond donors (Lipinski definition) is 1. The Hall–Kier alpha value is -3.04. The maximum absolute atomic E-state index is 12.3. The van der Waals surface area contributed by atoms with Crippen molar-refractivity contribution in [3.8, 4) is 17.1 Å². The number of carbonyl (C=O) groups is 1. The molecule has 0 unspecified atom stereocenters. The van der Waals surface area contributed by atoms with Crippen molar-refractivity contribution in [2.75, 3.05) is 13.2 Å². The summed E-state index contributed by atoms with van der Waals surface area (Å²) in [6, 6.07) is 6.78. The van der Waals surface area contributed by atoms with Crippen molar-refractivity contribution in [2.45, 2.75) is 37.8 Å². The molecule has 1 amide bonds. The standard InChI is InChI=1S/C21H20ClN5O4/c22-17-5-3-13(9-23-17)19-15(20(31-27-19)12-1-2-12)11-30-18-6-4-16(25-26-18)21(28)24-14-7-8-29-10-14/h3-6,9,12,14H,1-2,7-8,10-11H2,(H,24,28)/t14-/m0/s1. The van der Waals surface area contributed by atoms with Crippen LogP contribution in [0.2, 0.25) is 5.15 Å². The van der Waals surface area contributed by atoms with Gasteiger partial charge < -0.3 is 19.3 Å². The summed E-state index contributed by atoms with van der Waals surface area (Å²) in [5, 5.41) is 15.6. The van der Waals surface area contributed by atoms with Gasteiger partial charge in [-0.1, -0.05) is 16.8 Å². The van der Waals surface area contributed by atoms with Crippen LogP contribution in [0.1, 0.15) is 47.0 Å². The third-order valence-corrected chi connectivity index (χ3v) is 5.49. The fourth-order valence-electron chi connectivity index (χ4n) is 3.44. The Morgan fingerprint density at radius 2 is 2.10 bits per heavy atom. The molecule has 2 aliphatic rings. The number of hydrogen-bond acceptors (Lipinski definition) is 8. The second kappa shape index (κ2) is 8.60. The zero-order valence-electron chi connectivity index (χ0n) is 16.6. The SMILES string of the molecule is O=C(N[C@H]1CCOC1)c1ccc(OCc2c(-c3ccc(Cl)nc3)noc2C2CC2)nn1. The van der Waals surface area contributed by atoms with E-state index in [2.05, 4.69) is 25.7 Å². The van der Waals surface area contributed by atoms with E-state index in [9.17, 15) is 4.79 Å². The van der Waals surface area contributed by atoms with Crippen molar-refractivity contribution < 1.29 is 18.8 Å². The molecule has 1 saturated carbocycles. The summed E-state index contributed by atoms with van der Waals surface area (Å²) in [5.74, 6) is 1.22. The largest absolute Gasteiger partial charge is 0.472 e. The lowest BCUT2D eigenvalue weighted by molar-refractivity contribution is 0.0923. The number of aromatic nitrogens is 4. The van der Waals surface area contributed by atoms with Crippen LogP contribution in [-0.2, 0) is 11.3 Å². The van der Waals surface area contributed by atoms with Crippen LogP contribution in [0.15, 0.2) is 35.0 Å². The van der Waals surface area contributed by atoms with E-state index in [0.717, 1.165) is 36.1 Å². The summed E-state index contributed by atoms with van der Waals surface area (Å²) in [6.07, 6.45) is 4.59. The first-order chi connectivity index (χ1) is 15.2. The Bertz CT molecular complexity index is 1060. The quantitative estimate of drug-likeness (QED) is 0.556. The molecule has 2 fully saturated rings. The van der Waals surface area contributed by atoms with Gasteiger partial charge in [-0.05, 0) is 37.5 Å². The Balaban J connectivity index is 1.29. The second-order valence-corrected chi connectivity index (χ2v) is 7.98. The molecular weight excluding hydrogens is 422 g/mol. The van der Waals surface area contributed by atoms with Crippen LogP contribution in [0, 0.1) is 0 Å². The molecule has 0 aromatic carbocycles. The van der Waals surface area contributed by atoms with Crippen molar-refractivity contribution in [1.29, 1.82) is 0 Å². The lowest BCUT2D eigenvalue weighted by Crippen LogP contribution is -2.35. The predicted molar refractivity (Wildman–Crippen MR) is 110 cm³/mol. The molecule has 1 N–H and O–H groups in total. The first-order valence-electron chi connectivity index (χ1n) is 10.1. The number of nitrogens with zero attached hydrogens (tertiary/aromatic N) is 4. The maximum Gasteiger partial charge on any atom is 0.272 e. The smallest absolute Gasteiger partial charge is 0.272 e. The highest BCUT2D eigenvalue weighted by molar-refractivity contribution is 6.29. The van der Waals surface area contributed by atoms with Crippen molar-refractivity contribution in [3.05, 3.63) is 52.6 Å². The highest BCUT2D eigenvalue weighted by Crippen LogP contribution is 2.44. The zero-order valence-corrected chi connectivity index (χ0v) is 17.3. The van der Waals surface area contributed by atoms with E-state index >= 15 is 0 Å². The van der Waals surface area contributed by atoms with Crippen molar-refractivity contribution >= 4 is 17.5 Å². The minimum Gasteiger partial charge on any atom is -0.472 e. The minimum atomic E-state index is -0.276. The predicted octanol–water partition coefficient (Wildman–Crippen LogP) is 3.16. The van der Waals surface area contributed by atoms with Crippen LogP contribution >= 0.6 is 11.6 Å². The van der Waals surface area contributed by atoms with E-state index < -0.39 is 0 Å². The van der Waals surface area contributed by atoms with E-state index in [1.54, 1.807) is 24.4 Å². The minimum absolute atomic E-state index is 0.0143. The Morgan fingerprint density at radius 3 is 2.77 bits per heavy atom. The lowest BCUT2D eigenvalue weighted by atomic mass is 10.1. The topological polar surface area (TPSA) is 112 Å². The molecule has 1 aliphatic heterocycles. The van der Waals surface area contributed by atoms with E-state index in [1.165, 1.54) is 0 Å². The molecular formula is C21H20ClN5O4. The average molecular weight is 442 g/mol. The summed E-state index contributed by atoms with van der Waals surface area (Å²) in [4.78, 5) is 16.4. The molecule has 1 aliphatic carbocycles. The Labute approximate surface area is 183 Å². The number of halogens is 1. The summed E-state index contributed by atoms with van der Waals surface area (Å²) in [5.41, 5.74) is 2.56. The fraction of sp³-hybridized carbons (Fsp3) is 0.381. The summed E-state index contributed by atoms with van der Waals surface area (Å²) >= 11 is 5.90. The number of ether oxygens (including phenoxy) is 2. The molecule has 0 bridgehead atoms. The number of pyridine rings is 1. The zero-order chi connectivity index (χ0) is 21.2.